The van der Waals surface area contributed by atoms with Crippen molar-refractivity contribution in [2.24, 2.45) is 0 Å². The van der Waals surface area contributed by atoms with E-state index in [1.807, 2.05) is 19.1 Å². The number of aromatic nitrogens is 3. The quantitative estimate of drug-likeness (QED) is 0.777. The Kier molecular flexibility index (Phi) is 4.40. The predicted molar refractivity (Wildman–Crippen MR) is 93.0 cm³/mol. The van der Waals surface area contributed by atoms with E-state index < -0.39 is 0 Å². The molecule has 1 aromatic carbocycles. The third-order valence-corrected chi connectivity index (χ3v) is 4.27. The summed E-state index contributed by atoms with van der Waals surface area (Å²) in [6, 6.07) is 9.80. The second-order valence-corrected chi connectivity index (χ2v) is 6.65. The fourth-order valence-electron chi connectivity index (χ4n) is 2.39. The molecule has 0 aliphatic carbocycles. The number of fused-ring (bicyclic) bond motifs is 1. The van der Waals surface area contributed by atoms with Crippen LogP contribution in [0.4, 0.5) is 5.13 Å². The van der Waals surface area contributed by atoms with Crippen molar-refractivity contribution in [2.45, 2.75) is 20.0 Å². The first-order chi connectivity index (χ1) is 11.0. The average Bonchev–Trinajstić information content (AvgIpc) is 2.89. The van der Waals surface area contributed by atoms with Gasteiger partial charge < -0.3 is 10.2 Å². The molecule has 2 aromatic heterocycles. The van der Waals surface area contributed by atoms with E-state index in [0.29, 0.717) is 22.3 Å². The summed E-state index contributed by atoms with van der Waals surface area (Å²) < 4.78 is 1.34. The van der Waals surface area contributed by atoms with E-state index in [0.717, 1.165) is 6.54 Å². The van der Waals surface area contributed by atoms with Crippen molar-refractivity contribution in [3.8, 4) is 0 Å². The highest BCUT2D eigenvalue weighted by atomic mass is 32.1. The zero-order valence-corrected chi connectivity index (χ0v) is 14.2. The highest BCUT2D eigenvalue weighted by molar-refractivity contribution is 7.20. The van der Waals surface area contributed by atoms with E-state index in [1.165, 1.54) is 33.0 Å². The molecule has 3 rings (SSSR count). The zero-order valence-electron chi connectivity index (χ0n) is 13.4. The zero-order chi connectivity index (χ0) is 16.4. The van der Waals surface area contributed by atoms with Crippen LogP contribution in [0.1, 0.15) is 16.8 Å². The van der Waals surface area contributed by atoms with E-state index in [4.69, 9.17) is 0 Å². The van der Waals surface area contributed by atoms with Gasteiger partial charge in [0, 0.05) is 24.8 Å². The minimum absolute atomic E-state index is 0.148. The summed E-state index contributed by atoms with van der Waals surface area (Å²) in [5.74, 6) is 0. The molecule has 0 saturated carbocycles. The molecule has 3 aromatic rings. The van der Waals surface area contributed by atoms with Gasteiger partial charge in [-0.3, -0.25) is 4.79 Å². The molecule has 120 valence electrons. The van der Waals surface area contributed by atoms with Crippen LogP contribution in [0.3, 0.4) is 0 Å². The first kappa shape index (κ1) is 15.6. The smallest absolute Gasteiger partial charge is 0.275 e. The molecule has 0 radical (unpaired) electrons. The number of anilines is 1. The summed E-state index contributed by atoms with van der Waals surface area (Å²) in [5, 5.41) is 8.29. The van der Waals surface area contributed by atoms with Crippen LogP contribution in [-0.4, -0.2) is 33.6 Å². The standard InChI is InChI=1S/C16H19N5OS/c1-11-8-14(22)21-16(18-11)23-15(19-21)17-9-12-6-4-5-7-13(12)10-20(2)3/h4-8H,9-10H2,1-3H3,(H,17,19). The summed E-state index contributed by atoms with van der Waals surface area (Å²) in [7, 11) is 4.11. The van der Waals surface area contributed by atoms with Gasteiger partial charge in [0.25, 0.3) is 5.56 Å². The van der Waals surface area contributed by atoms with Gasteiger partial charge in [0.1, 0.15) is 0 Å². The lowest BCUT2D eigenvalue weighted by Gasteiger charge is -2.14. The lowest BCUT2D eigenvalue weighted by atomic mass is 10.1. The molecular weight excluding hydrogens is 310 g/mol. The van der Waals surface area contributed by atoms with Gasteiger partial charge in [-0.25, -0.2) is 4.98 Å². The Labute approximate surface area is 138 Å². The summed E-state index contributed by atoms with van der Waals surface area (Å²) in [6.07, 6.45) is 0. The van der Waals surface area contributed by atoms with Gasteiger partial charge in [-0.05, 0) is 32.1 Å². The Bertz CT molecular complexity index is 884. The molecule has 0 unspecified atom stereocenters. The van der Waals surface area contributed by atoms with Gasteiger partial charge >= 0.3 is 0 Å². The largest absolute Gasteiger partial charge is 0.356 e. The highest BCUT2D eigenvalue weighted by Gasteiger charge is 2.08. The molecule has 1 N–H and O–H groups in total. The molecule has 0 bridgehead atoms. The van der Waals surface area contributed by atoms with Crippen LogP contribution in [-0.2, 0) is 13.1 Å². The number of hydrogen-bond acceptors (Lipinski definition) is 6. The second-order valence-electron chi connectivity index (χ2n) is 5.70. The van der Waals surface area contributed by atoms with Crippen LogP contribution in [0, 0.1) is 6.92 Å². The molecule has 6 nitrogen and oxygen atoms in total. The van der Waals surface area contributed by atoms with Crippen LogP contribution in [0.2, 0.25) is 0 Å². The summed E-state index contributed by atoms with van der Waals surface area (Å²) in [5.41, 5.74) is 3.06. The molecule has 0 aliphatic rings. The summed E-state index contributed by atoms with van der Waals surface area (Å²) in [4.78, 5) is 19.0. The van der Waals surface area contributed by atoms with Crippen LogP contribution < -0.4 is 10.9 Å². The van der Waals surface area contributed by atoms with Gasteiger partial charge in [-0.15, -0.1) is 5.10 Å². The molecule has 2 heterocycles. The average molecular weight is 329 g/mol. The molecule has 0 fully saturated rings. The maximum absolute atomic E-state index is 11.9. The molecular formula is C16H19N5OS. The van der Waals surface area contributed by atoms with Crippen molar-refractivity contribution >= 4 is 21.4 Å². The van der Waals surface area contributed by atoms with Crippen molar-refractivity contribution < 1.29 is 0 Å². The Morgan fingerprint density at radius 1 is 1.26 bits per heavy atom. The highest BCUT2D eigenvalue weighted by Crippen LogP contribution is 2.18. The van der Waals surface area contributed by atoms with Gasteiger partial charge in [0.15, 0.2) is 0 Å². The maximum atomic E-state index is 11.9. The Balaban J connectivity index is 1.81. The van der Waals surface area contributed by atoms with Crippen molar-refractivity contribution in [1.82, 2.24) is 19.5 Å². The van der Waals surface area contributed by atoms with Crippen LogP contribution in [0.5, 0.6) is 0 Å². The lowest BCUT2D eigenvalue weighted by Crippen LogP contribution is -2.15. The number of hydrogen-bond donors (Lipinski definition) is 1. The van der Waals surface area contributed by atoms with E-state index in [-0.39, 0.29) is 5.56 Å². The number of benzene rings is 1. The van der Waals surface area contributed by atoms with Crippen molar-refractivity contribution in [2.75, 3.05) is 19.4 Å². The Hall–Kier alpha value is -2.25. The third-order valence-electron chi connectivity index (χ3n) is 3.41. The molecule has 23 heavy (non-hydrogen) atoms. The van der Waals surface area contributed by atoms with Gasteiger partial charge in [0.2, 0.25) is 10.1 Å². The monoisotopic (exact) mass is 329 g/mol. The predicted octanol–water partition coefficient (Wildman–Crippen LogP) is 2.13. The first-order valence-corrected chi connectivity index (χ1v) is 8.17. The van der Waals surface area contributed by atoms with Gasteiger partial charge in [-0.2, -0.15) is 4.52 Å². The lowest BCUT2D eigenvalue weighted by molar-refractivity contribution is 0.401. The number of nitrogens with one attached hydrogen (secondary N) is 1. The van der Waals surface area contributed by atoms with E-state index in [1.54, 1.807) is 0 Å². The summed E-state index contributed by atoms with van der Waals surface area (Å²) >= 11 is 1.38. The van der Waals surface area contributed by atoms with Gasteiger partial charge in [-0.1, -0.05) is 35.6 Å². The normalized spacial score (nSPS) is 11.3. The summed E-state index contributed by atoms with van der Waals surface area (Å²) in [6.45, 7) is 3.36. The van der Waals surface area contributed by atoms with Crippen LogP contribution >= 0.6 is 11.3 Å². The SMILES string of the molecule is Cc1cc(=O)n2nc(NCc3ccccc3CN(C)C)sc2n1. The second kappa shape index (κ2) is 6.47. The van der Waals surface area contributed by atoms with Crippen LogP contribution in [0.25, 0.3) is 4.96 Å². The minimum Gasteiger partial charge on any atom is -0.356 e. The minimum atomic E-state index is -0.148. The maximum Gasteiger partial charge on any atom is 0.275 e. The Morgan fingerprint density at radius 3 is 2.74 bits per heavy atom. The molecule has 0 atom stereocenters. The fourth-order valence-corrected chi connectivity index (χ4v) is 3.23. The van der Waals surface area contributed by atoms with E-state index in [2.05, 4.69) is 46.5 Å². The van der Waals surface area contributed by atoms with E-state index in [9.17, 15) is 4.79 Å². The molecule has 0 amide bonds. The van der Waals surface area contributed by atoms with Crippen molar-refractivity contribution in [1.29, 1.82) is 0 Å². The molecule has 7 heteroatoms. The first-order valence-electron chi connectivity index (χ1n) is 7.36. The van der Waals surface area contributed by atoms with Gasteiger partial charge in [0.05, 0.1) is 0 Å². The van der Waals surface area contributed by atoms with E-state index >= 15 is 0 Å². The topological polar surface area (TPSA) is 62.5 Å². The third kappa shape index (κ3) is 3.57. The fraction of sp³-hybridized carbons (Fsp3) is 0.312. The number of nitrogens with zero attached hydrogens (tertiary/aromatic N) is 4. The number of rotatable bonds is 5. The molecule has 0 aliphatic heterocycles. The van der Waals surface area contributed by atoms with Crippen LogP contribution in [0.15, 0.2) is 35.1 Å². The van der Waals surface area contributed by atoms with Crippen molar-refractivity contribution in [3.05, 3.63) is 57.5 Å². The molecule has 0 saturated heterocycles. The van der Waals surface area contributed by atoms with Crippen molar-refractivity contribution in [3.63, 3.8) is 0 Å². The molecule has 0 spiro atoms. The number of aryl methyl sites for hydroxylation is 1. The Morgan fingerprint density at radius 2 is 2.00 bits per heavy atom.